The summed E-state index contributed by atoms with van der Waals surface area (Å²) in [5.41, 5.74) is 1.09. The van der Waals surface area contributed by atoms with Crippen LogP contribution >= 0.6 is 27.7 Å². The third-order valence-electron chi connectivity index (χ3n) is 3.77. The number of benzene rings is 2. The summed E-state index contributed by atoms with van der Waals surface area (Å²) in [6, 6.07) is 15.4. The Morgan fingerprint density at radius 3 is 2.52 bits per heavy atom. The zero-order valence-electron chi connectivity index (χ0n) is 13.6. The van der Waals surface area contributed by atoms with E-state index in [4.69, 9.17) is 0 Å². The van der Waals surface area contributed by atoms with Crippen LogP contribution in [-0.2, 0) is 4.79 Å². The monoisotopic (exact) mass is 418 g/mol. The molecule has 0 aliphatic heterocycles. The summed E-state index contributed by atoms with van der Waals surface area (Å²) >= 11 is 5.04. The third-order valence-corrected chi connectivity index (χ3v) is 5.31. The minimum absolute atomic E-state index is 0.0868. The SMILES string of the molecule is O=C(CCSc1ccc(Br)cc1)Nc1ccccc1C(=O)NC1CC1. The van der Waals surface area contributed by atoms with Gasteiger partial charge in [-0.15, -0.1) is 11.8 Å². The molecule has 0 unspecified atom stereocenters. The van der Waals surface area contributed by atoms with Crippen molar-refractivity contribution in [2.24, 2.45) is 0 Å². The molecule has 1 saturated carbocycles. The first-order valence-corrected chi connectivity index (χ1v) is 9.98. The summed E-state index contributed by atoms with van der Waals surface area (Å²) in [6.07, 6.45) is 2.46. The zero-order valence-corrected chi connectivity index (χ0v) is 16.0. The molecule has 0 saturated heterocycles. The van der Waals surface area contributed by atoms with E-state index in [1.807, 2.05) is 30.3 Å². The van der Waals surface area contributed by atoms with Crippen LogP contribution in [0, 0.1) is 0 Å². The van der Waals surface area contributed by atoms with Gasteiger partial charge in [0.05, 0.1) is 11.3 Å². The minimum atomic E-state index is -0.123. The normalized spacial score (nSPS) is 13.3. The number of carbonyl (C=O) groups is 2. The van der Waals surface area contributed by atoms with Crippen LogP contribution in [-0.4, -0.2) is 23.6 Å². The van der Waals surface area contributed by atoms with Crippen molar-refractivity contribution in [1.82, 2.24) is 5.32 Å². The largest absolute Gasteiger partial charge is 0.349 e. The Hall–Kier alpha value is -1.79. The second kappa shape index (κ2) is 8.54. The van der Waals surface area contributed by atoms with Gasteiger partial charge in [0, 0.05) is 27.6 Å². The first-order chi connectivity index (χ1) is 12.1. The van der Waals surface area contributed by atoms with Gasteiger partial charge in [0.25, 0.3) is 5.91 Å². The molecule has 0 bridgehead atoms. The van der Waals surface area contributed by atoms with Crippen molar-refractivity contribution < 1.29 is 9.59 Å². The molecule has 1 aliphatic rings. The minimum Gasteiger partial charge on any atom is -0.349 e. The Morgan fingerprint density at radius 1 is 1.08 bits per heavy atom. The average molecular weight is 419 g/mol. The van der Waals surface area contributed by atoms with Crippen molar-refractivity contribution in [3.05, 3.63) is 58.6 Å². The molecule has 25 heavy (non-hydrogen) atoms. The molecule has 3 rings (SSSR count). The smallest absolute Gasteiger partial charge is 0.253 e. The highest BCUT2D eigenvalue weighted by Gasteiger charge is 2.24. The highest BCUT2D eigenvalue weighted by molar-refractivity contribution is 9.10. The first kappa shape index (κ1) is 18.0. The summed E-state index contributed by atoms with van der Waals surface area (Å²) in [5, 5.41) is 5.81. The van der Waals surface area contributed by atoms with Crippen LogP contribution in [0.2, 0.25) is 0 Å². The molecule has 2 aromatic carbocycles. The standard InChI is InChI=1S/C19H19BrN2O2S/c20-13-5-9-15(10-6-13)25-12-11-18(23)22-17-4-2-1-3-16(17)19(24)21-14-7-8-14/h1-6,9-10,14H,7-8,11-12H2,(H,21,24)(H,22,23). The van der Waals surface area contributed by atoms with Crippen LogP contribution < -0.4 is 10.6 Å². The highest BCUT2D eigenvalue weighted by Crippen LogP contribution is 2.23. The van der Waals surface area contributed by atoms with Crippen LogP contribution in [0.3, 0.4) is 0 Å². The summed E-state index contributed by atoms with van der Waals surface area (Å²) in [7, 11) is 0. The van der Waals surface area contributed by atoms with Gasteiger partial charge in [0.15, 0.2) is 0 Å². The lowest BCUT2D eigenvalue weighted by atomic mass is 10.1. The van der Waals surface area contributed by atoms with E-state index in [1.165, 1.54) is 0 Å². The molecule has 0 radical (unpaired) electrons. The summed E-state index contributed by atoms with van der Waals surface area (Å²) in [4.78, 5) is 25.6. The Kier molecular flexibility index (Phi) is 6.15. The van der Waals surface area contributed by atoms with E-state index in [0.29, 0.717) is 29.5 Å². The number of halogens is 1. The van der Waals surface area contributed by atoms with E-state index in [9.17, 15) is 9.59 Å². The van der Waals surface area contributed by atoms with Crippen LogP contribution in [0.5, 0.6) is 0 Å². The number of rotatable bonds is 7. The van der Waals surface area contributed by atoms with Gasteiger partial charge < -0.3 is 10.6 Å². The lowest BCUT2D eigenvalue weighted by molar-refractivity contribution is -0.115. The van der Waals surface area contributed by atoms with Gasteiger partial charge in [-0.25, -0.2) is 0 Å². The Balaban J connectivity index is 1.52. The molecule has 6 heteroatoms. The van der Waals surface area contributed by atoms with Gasteiger partial charge in [-0.1, -0.05) is 28.1 Å². The molecule has 4 nitrogen and oxygen atoms in total. The van der Waals surface area contributed by atoms with Crippen LogP contribution in [0.4, 0.5) is 5.69 Å². The zero-order chi connectivity index (χ0) is 17.6. The van der Waals surface area contributed by atoms with Crippen molar-refractivity contribution in [3.8, 4) is 0 Å². The number of hydrogen-bond donors (Lipinski definition) is 2. The number of nitrogens with one attached hydrogen (secondary N) is 2. The first-order valence-electron chi connectivity index (χ1n) is 8.20. The van der Waals surface area contributed by atoms with E-state index in [-0.39, 0.29) is 11.8 Å². The maximum Gasteiger partial charge on any atom is 0.253 e. The summed E-state index contributed by atoms with van der Waals surface area (Å²) in [5.74, 6) is 0.475. The predicted octanol–water partition coefficient (Wildman–Crippen LogP) is 4.46. The number of thioether (sulfide) groups is 1. The molecule has 0 spiro atoms. The number of amides is 2. The maximum atomic E-state index is 12.3. The van der Waals surface area contributed by atoms with Crippen molar-refractivity contribution in [2.75, 3.05) is 11.1 Å². The lowest BCUT2D eigenvalue weighted by Gasteiger charge is -2.11. The van der Waals surface area contributed by atoms with E-state index >= 15 is 0 Å². The highest BCUT2D eigenvalue weighted by atomic mass is 79.9. The molecule has 1 aliphatic carbocycles. The Labute approximate surface area is 159 Å². The molecule has 2 N–H and O–H groups in total. The lowest BCUT2D eigenvalue weighted by Crippen LogP contribution is -2.27. The van der Waals surface area contributed by atoms with Crippen LogP contribution in [0.1, 0.15) is 29.6 Å². The molecular weight excluding hydrogens is 400 g/mol. The van der Waals surface area contributed by atoms with E-state index in [1.54, 1.807) is 30.0 Å². The van der Waals surface area contributed by atoms with Gasteiger partial charge in [0.1, 0.15) is 0 Å². The number of carbonyl (C=O) groups excluding carboxylic acids is 2. The molecular formula is C19H19BrN2O2S. The fourth-order valence-electron chi connectivity index (χ4n) is 2.29. The van der Waals surface area contributed by atoms with Crippen LogP contribution in [0.15, 0.2) is 57.9 Å². The van der Waals surface area contributed by atoms with Gasteiger partial charge in [-0.3, -0.25) is 9.59 Å². The van der Waals surface area contributed by atoms with Crippen LogP contribution in [0.25, 0.3) is 0 Å². The third kappa shape index (κ3) is 5.61. The van der Waals surface area contributed by atoms with E-state index in [2.05, 4.69) is 26.6 Å². The molecule has 130 valence electrons. The molecule has 2 amide bonds. The van der Waals surface area contributed by atoms with Crippen molar-refractivity contribution in [2.45, 2.75) is 30.2 Å². The number of para-hydroxylation sites is 1. The van der Waals surface area contributed by atoms with E-state index < -0.39 is 0 Å². The molecule has 2 aromatic rings. The summed E-state index contributed by atoms with van der Waals surface area (Å²) < 4.78 is 1.04. The topological polar surface area (TPSA) is 58.2 Å². The number of anilines is 1. The van der Waals surface area contributed by atoms with Gasteiger partial charge >= 0.3 is 0 Å². The second-order valence-corrected chi connectivity index (χ2v) is 7.98. The predicted molar refractivity (Wildman–Crippen MR) is 105 cm³/mol. The van der Waals surface area contributed by atoms with Crippen molar-refractivity contribution in [1.29, 1.82) is 0 Å². The maximum absolute atomic E-state index is 12.3. The van der Waals surface area contributed by atoms with Crippen molar-refractivity contribution in [3.63, 3.8) is 0 Å². The number of hydrogen-bond acceptors (Lipinski definition) is 3. The Morgan fingerprint density at radius 2 is 1.80 bits per heavy atom. The Bertz CT molecular complexity index is 760. The van der Waals surface area contributed by atoms with Gasteiger partial charge in [-0.05, 0) is 49.2 Å². The molecule has 0 atom stereocenters. The quantitative estimate of drug-likeness (QED) is 0.652. The van der Waals surface area contributed by atoms with Crippen molar-refractivity contribution >= 4 is 45.2 Å². The van der Waals surface area contributed by atoms with Gasteiger partial charge in [0.2, 0.25) is 5.91 Å². The van der Waals surface area contributed by atoms with E-state index in [0.717, 1.165) is 22.2 Å². The van der Waals surface area contributed by atoms with Gasteiger partial charge in [-0.2, -0.15) is 0 Å². The second-order valence-electron chi connectivity index (χ2n) is 5.89. The average Bonchev–Trinajstić information content (AvgIpc) is 3.41. The molecule has 1 fully saturated rings. The fourth-order valence-corrected chi connectivity index (χ4v) is 3.40. The molecule has 0 heterocycles. The molecule has 0 aromatic heterocycles. The summed E-state index contributed by atoms with van der Waals surface area (Å²) in [6.45, 7) is 0. The fraction of sp³-hybridized carbons (Fsp3) is 0.263.